The Balaban J connectivity index is 1.86. The molecule has 114 valence electrons. The number of fused-ring (bicyclic) bond motifs is 4. The van der Waals surface area contributed by atoms with Crippen LogP contribution in [0.25, 0.3) is 11.1 Å². The number of allylic oxidation sites excluding steroid dienone is 2. The molecule has 2 atom stereocenters. The van der Waals surface area contributed by atoms with E-state index in [4.69, 9.17) is 0 Å². The molecule has 0 heterocycles. The van der Waals surface area contributed by atoms with Crippen LogP contribution in [0.3, 0.4) is 0 Å². The van der Waals surface area contributed by atoms with Crippen molar-refractivity contribution in [3.63, 3.8) is 0 Å². The zero-order chi connectivity index (χ0) is 15.8. The van der Waals surface area contributed by atoms with Crippen molar-refractivity contribution in [2.75, 3.05) is 0 Å². The highest BCUT2D eigenvalue weighted by atomic mass is 14.7. The second kappa shape index (κ2) is 4.08. The molecule has 3 aliphatic rings. The first kappa shape index (κ1) is 12.8. The lowest BCUT2D eigenvalue weighted by molar-refractivity contribution is 0.235. The van der Waals surface area contributed by atoms with Gasteiger partial charge in [-0.1, -0.05) is 84.9 Å². The quantitative estimate of drug-likeness (QED) is 0.474. The Morgan fingerprint density at radius 3 is 1.29 bits per heavy atom. The van der Waals surface area contributed by atoms with Crippen molar-refractivity contribution in [3.05, 3.63) is 107 Å². The average molecular weight is 306 g/mol. The maximum absolute atomic E-state index is 2.40. The number of hydrogen-bond acceptors (Lipinski definition) is 0. The summed E-state index contributed by atoms with van der Waals surface area (Å²) in [6.07, 6.45) is 7.02. The van der Waals surface area contributed by atoms with Crippen LogP contribution in [0.4, 0.5) is 0 Å². The highest BCUT2D eigenvalue weighted by molar-refractivity contribution is 5.85. The molecular formula is C24H18. The van der Waals surface area contributed by atoms with Crippen molar-refractivity contribution in [3.8, 4) is 11.1 Å². The molecule has 0 nitrogen and oxygen atoms in total. The number of hydrogen-bond donors (Lipinski definition) is 0. The van der Waals surface area contributed by atoms with Crippen LogP contribution in [0.1, 0.15) is 35.1 Å². The van der Waals surface area contributed by atoms with Gasteiger partial charge in [-0.2, -0.15) is 0 Å². The van der Waals surface area contributed by atoms with Gasteiger partial charge in [0.2, 0.25) is 0 Å². The van der Waals surface area contributed by atoms with Crippen LogP contribution in [0.15, 0.2) is 84.9 Å². The summed E-state index contributed by atoms with van der Waals surface area (Å²) in [4.78, 5) is 0. The van der Waals surface area contributed by atoms with Crippen LogP contribution in [-0.4, -0.2) is 0 Å². The van der Waals surface area contributed by atoms with E-state index in [9.17, 15) is 0 Å². The molecule has 0 radical (unpaired) electrons. The molecule has 3 aromatic carbocycles. The van der Waals surface area contributed by atoms with Gasteiger partial charge in [0.05, 0.1) is 0 Å². The number of rotatable bonds is 0. The van der Waals surface area contributed by atoms with Gasteiger partial charge in [0.1, 0.15) is 0 Å². The summed E-state index contributed by atoms with van der Waals surface area (Å²) in [7, 11) is 0. The maximum Gasteiger partial charge on any atom is 0.0386 e. The Morgan fingerprint density at radius 1 is 0.458 bits per heavy atom. The summed E-state index contributed by atoms with van der Waals surface area (Å²) in [5.41, 5.74) is 9.19. The largest absolute Gasteiger partial charge is 0.0872 e. The summed E-state index contributed by atoms with van der Waals surface area (Å²) in [6.45, 7) is 0. The van der Waals surface area contributed by atoms with E-state index in [0.29, 0.717) is 0 Å². The molecule has 0 amide bonds. The fourth-order valence-electron chi connectivity index (χ4n) is 5.86. The zero-order valence-corrected chi connectivity index (χ0v) is 13.5. The Morgan fingerprint density at radius 2 is 0.833 bits per heavy atom. The lowest BCUT2D eigenvalue weighted by Gasteiger charge is -2.65. The zero-order valence-electron chi connectivity index (χ0n) is 13.5. The lowest BCUT2D eigenvalue weighted by Crippen LogP contribution is -2.62. The fraction of sp³-hybridized carbons (Fsp3) is 0.167. The predicted molar refractivity (Wildman–Crippen MR) is 98.3 cm³/mol. The summed E-state index contributed by atoms with van der Waals surface area (Å²) in [5, 5.41) is 0. The summed E-state index contributed by atoms with van der Waals surface area (Å²) >= 11 is 0. The second-order valence-corrected chi connectivity index (χ2v) is 7.33. The molecule has 3 aliphatic carbocycles. The highest BCUT2D eigenvalue weighted by Gasteiger charge is 2.66. The van der Waals surface area contributed by atoms with Crippen molar-refractivity contribution in [1.29, 1.82) is 0 Å². The van der Waals surface area contributed by atoms with E-state index in [2.05, 4.69) is 84.9 Å². The second-order valence-electron chi connectivity index (χ2n) is 7.33. The molecule has 0 heteroatoms. The minimum absolute atomic E-state index is 0.114. The SMILES string of the molecule is C1=CC[C@]23c4ccccc4-c4ccccc4[C@@]2(C1)c1ccccc13. The third-order valence-corrected chi connectivity index (χ3v) is 6.65. The molecule has 0 fully saturated rings. The highest BCUT2D eigenvalue weighted by Crippen LogP contribution is 2.71. The predicted octanol–water partition coefficient (Wildman–Crippen LogP) is 5.60. The van der Waals surface area contributed by atoms with Gasteiger partial charge in [0.25, 0.3) is 0 Å². The Bertz CT molecular complexity index is 943. The van der Waals surface area contributed by atoms with E-state index in [-0.39, 0.29) is 10.8 Å². The van der Waals surface area contributed by atoms with Crippen LogP contribution in [0, 0.1) is 0 Å². The molecule has 0 saturated heterocycles. The summed E-state index contributed by atoms with van der Waals surface area (Å²) in [6, 6.07) is 27.3. The van der Waals surface area contributed by atoms with Crippen LogP contribution in [0.5, 0.6) is 0 Å². The first-order valence-electron chi connectivity index (χ1n) is 8.84. The monoisotopic (exact) mass is 306 g/mol. The molecule has 6 rings (SSSR count). The minimum Gasteiger partial charge on any atom is -0.0872 e. The maximum atomic E-state index is 2.40. The van der Waals surface area contributed by atoms with Gasteiger partial charge in [-0.3, -0.25) is 0 Å². The topological polar surface area (TPSA) is 0 Å². The van der Waals surface area contributed by atoms with E-state index in [0.717, 1.165) is 12.8 Å². The van der Waals surface area contributed by atoms with E-state index in [1.807, 2.05) is 0 Å². The molecule has 24 heavy (non-hydrogen) atoms. The minimum atomic E-state index is 0.114. The molecule has 0 spiro atoms. The van der Waals surface area contributed by atoms with Crippen LogP contribution >= 0.6 is 0 Å². The number of benzene rings is 3. The van der Waals surface area contributed by atoms with Gasteiger partial charge in [0.15, 0.2) is 0 Å². The van der Waals surface area contributed by atoms with Crippen molar-refractivity contribution < 1.29 is 0 Å². The molecule has 0 aliphatic heterocycles. The average Bonchev–Trinajstić information content (AvgIpc) is 2.66. The molecule has 0 saturated carbocycles. The molecular weight excluding hydrogens is 288 g/mol. The summed E-state index contributed by atoms with van der Waals surface area (Å²) < 4.78 is 0. The van der Waals surface area contributed by atoms with E-state index in [1.165, 1.54) is 33.4 Å². The Hall–Kier alpha value is -2.60. The van der Waals surface area contributed by atoms with Gasteiger partial charge in [-0.05, 0) is 46.2 Å². The molecule has 3 aromatic rings. The van der Waals surface area contributed by atoms with Gasteiger partial charge in [0, 0.05) is 10.8 Å². The van der Waals surface area contributed by atoms with Crippen LogP contribution < -0.4 is 0 Å². The summed E-state index contributed by atoms with van der Waals surface area (Å²) in [5.74, 6) is 0. The third kappa shape index (κ3) is 1.13. The van der Waals surface area contributed by atoms with E-state index in [1.54, 1.807) is 0 Å². The van der Waals surface area contributed by atoms with Gasteiger partial charge in [-0.25, -0.2) is 0 Å². The molecule has 0 bridgehead atoms. The lowest BCUT2D eigenvalue weighted by atomic mass is 9.36. The molecule has 0 N–H and O–H groups in total. The normalized spacial score (nSPS) is 27.8. The third-order valence-electron chi connectivity index (χ3n) is 6.65. The van der Waals surface area contributed by atoms with Crippen LogP contribution in [0.2, 0.25) is 0 Å². The fourth-order valence-corrected chi connectivity index (χ4v) is 5.86. The molecule has 0 unspecified atom stereocenters. The van der Waals surface area contributed by atoms with Crippen LogP contribution in [-0.2, 0) is 10.8 Å². The van der Waals surface area contributed by atoms with Crippen molar-refractivity contribution in [1.82, 2.24) is 0 Å². The van der Waals surface area contributed by atoms with Gasteiger partial charge >= 0.3 is 0 Å². The first-order valence-corrected chi connectivity index (χ1v) is 8.84. The standard InChI is InChI=1S/C24H18/c1-3-11-19-17(9-1)18-10-2-4-12-20(18)24-16-8-7-15-23(19,24)21-13-5-6-14-22(21)24/h1-14H,15-16H2/t23-,24+. The Kier molecular flexibility index (Phi) is 2.17. The first-order chi connectivity index (χ1) is 11.9. The van der Waals surface area contributed by atoms with E-state index >= 15 is 0 Å². The van der Waals surface area contributed by atoms with Crippen molar-refractivity contribution in [2.45, 2.75) is 23.7 Å². The Labute approximate surface area is 142 Å². The smallest absolute Gasteiger partial charge is 0.0386 e. The molecule has 0 aromatic heterocycles. The van der Waals surface area contributed by atoms with Crippen molar-refractivity contribution in [2.24, 2.45) is 0 Å². The van der Waals surface area contributed by atoms with Crippen molar-refractivity contribution >= 4 is 0 Å². The van der Waals surface area contributed by atoms with Gasteiger partial charge < -0.3 is 0 Å². The van der Waals surface area contributed by atoms with Gasteiger partial charge in [-0.15, -0.1) is 0 Å². The van der Waals surface area contributed by atoms with E-state index < -0.39 is 0 Å².